The maximum Gasteiger partial charge on any atom is 0.269 e. The summed E-state index contributed by atoms with van der Waals surface area (Å²) in [6.07, 6.45) is 0. The molecule has 0 fully saturated rings. The average Bonchev–Trinajstić information content (AvgIpc) is 2.69. The molecular formula is C10H8BrN3O2. The van der Waals surface area contributed by atoms with Gasteiger partial charge in [0.25, 0.3) is 5.88 Å². The normalized spacial score (nSPS) is 10.1. The molecule has 16 heavy (non-hydrogen) atoms. The van der Waals surface area contributed by atoms with Crippen molar-refractivity contribution >= 4 is 21.7 Å². The van der Waals surface area contributed by atoms with Crippen LogP contribution in [0, 0.1) is 0 Å². The van der Waals surface area contributed by atoms with Crippen LogP contribution in [-0.2, 0) is 0 Å². The Kier molecular flexibility index (Phi) is 3.00. The van der Waals surface area contributed by atoms with E-state index >= 15 is 0 Å². The van der Waals surface area contributed by atoms with E-state index in [-0.39, 0.29) is 17.4 Å². The zero-order chi connectivity index (χ0) is 11.5. The first-order valence-electron chi connectivity index (χ1n) is 4.52. The Hall–Kier alpha value is -1.69. The quantitative estimate of drug-likeness (QED) is 0.878. The predicted molar refractivity (Wildman–Crippen MR) is 60.6 cm³/mol. The van der Waals surface area contributed by atoms with Gasteiger partial charge in [-0.15, -0.1) is 0 Å². The van der Waals surface area contributed by atoms with Gasteiger partial charge >= 0.3 is 0 Å². The van der Waals surface area contributed by atoms with Crippen LogP contribution in [-0.4, -0.2) is 21.2 Å². The fourth-order valence-electron chi connectivity index (χ4n) is 1.13. The fourth-order valence-corrected chi connectivity index (χ4v) is 1.40. The first kappa shape index (κ1) is 10.8. The third-order valence-electron chi connectivity index (χ3n) is 1.90. The van der Waals surface area contributed by atoms with Gasteiger partial charge in [-0.2, -0.15) is 0 Å². The standard InChI is InChI=1S/C10H8BrN3O2/c1-6(15)9-10(13-14-12-9)16-8-4-2-7(11)3-5-8/h2-5H,1H3,(H,12,13,14). The highest BCUT2D eigenvalue weighted by Gasteiger charge is 2.13. The van der Waals surface area contributed by atoms with Crippen molar-refractivity contribution < 1.29 is 9.53 Å². The van der Waals surface area contributed by atoms with Gasteiger partial charge in [0.2, 0.25) is 0 Å². The third-order valence-corrected chi connectivity index (χ3v) is 2.43. The lowest BCUT2D eigenvalue weighted by atomic mass is 10.3. The molecule has 0 spiro atoms. The molecule has 6 heteroatoms. The number of aromatic nitrogens is 3. The molecule has 0 atom stereocenters. The Bertz CT molecular complexity index is 507. The SMILES string of the molecule is CC(=O)c1[nH]nnc1Oc1ccc(Br)cc1. The molecule has 1 aromatic heterocycles. The molecule has 0 saturated carbocycles. The van der Waals surface area contributed by atoms with Gasteiger partial charge in [0.1, 0.15) is 5.75 Å². The molecule has 0 bridgehead atoms. The average molecular weight is 282 g/mol. The van der Waals surface area contributed by atoms with Gasteiger partial charge in [-0.1, -0.05) is 26.2 Å². The molecule has 0 radical (unpaired) electrons. The third kappa shape index (κ3) is 2.27. The lowest BCUT2D eigenvalue weighted by molar-refractivity contribution is 0.101. The summed E-state index contributed by atoms with van der Waals surface area (Å²) in [5, 5.41) is 9.71. The van der Waals surface area contributed by atoms with E-state index in [0.717, 1.165) is 4.47 Å². The van der Waals surface area contributed by atoms with Crippen molar-refractivity contribution in [1.29, 1.82) is 0 Å². The number of aromatic amines is 1. The number of H-pyrrole nitrogens is 1. The molecule has 1 N–H and O–H groups in total. The van der Waals surface area contributed by atoms with Gasteiger partial charge in [0, 0.05) is 11.4 Å². The van der Waals surface area contributed by atoms with Crippen molar-refractivity contribution in [2.24, 2.45) is 0 Å². The second-order valence-electron chi connectivity index (χ2n) is 3.10. The number of Topliss-reactive ketones (excluding diaryl/α,β-unsaturated/α-hetero) is 1. The summed E-state index contributed by atoms with van der Waals surface area (Å²) >= 11 is 3.32. The molecule has 0 aliphatic heterocycles. The fraction of sp³-hybridized carbons (Fsp3) is 0.100. The first-order chi connectivity index (χ1) is 7.66. The molecule has 2 rings (SSSR count). The van der Waals surface area contributed by atoms with Crippen molar-refractivity contribution in [3.63, 3.8) is 0 Å². The second kappa shape index (κ2) is 4.44. The minimum absolute atomic E-state index is 0.169. The van der Waals surface area contributed by atoms with Crippen molar-refractivity contribution in [3.8, 4) is 11.6 Å². The summed E-state index contributed by atoms with van der Waals surface area (Å²) in [5.74, 6) is 0.617. The van der Waals surface area contributed by atoms with Crippen LogP contribution in [0.4, 0.5) is 0 Å². The summed E-state index contributed by atoms with van der Waals surface area (Å²) in [7, 11) is 0. The summed E-state index contributed by atoms with van der Waals surface area (Å²) in [4.78, 5) is 11.2. The van der Waals surface area contributed by atoms with E-state index in [1.807, 2.05) is 12.1 Å². The summed E-state index contributed by atoms with van der Waals surface area (Å²) in [6, 6.07) is 7.21. The lowest BCUT2D eigenvalue weighted by Crippen LogP contribution is -1.96. The molecule has 0 aliphatic rings. The minimum Gasteiger partial charge on any atom is -0.436 e. The summed E-state index contributed by atoms with van der Waals surface area (Å²) < 4.78 is 6.37. The van der Waals surface area contributed by atoms with Crippen LogP contribution in [0.3, 0.4) is 0 Å². The van der Waals surface area contributed by atoms with E-state index in [1.165, 1.54) is 6.92 Å². The maximum absolute atomic E-state index is 11.2. The molecule has 1 heterocycles. The van der Waals surface area contributed by atoms with E-state index in [1.54, 1.807) is 12.1 Å². The van der Waals surface area contributed by atoms with Gasteiger partial charge in [0.05, 0.1) is 0 Å². The molecule has 0 amide bonds. The zero-order valence-corrected chi connectivity index (χ0v) is 9.98. The van der Waals surface area contributed by atoms with Crippen LogP contribution in [0.1, 0.15) is 17.4 Å². The van der Waals surface area contributed by atoms with Crippen molar-refractivity contribution in [2.75, 3.05) is 0 Å². The van der Waals surface area contributed by atoms with Crippen molar-refractivity contribution in [2.45, 2.75) is 6.92 Å². The van der Waals surface area contributed by atoms with E-state index in [0.29, 0.717) is 5.75 Å². The van der Waals surface area contributed by atoms with Crippen LogP contribution in [0.2, 0.25) is 0 Å². The highest BCUT2D eigenvalue weighted by atomic mass is 79.9. The van der Waals surface area contributed by atoms with Crippen LogP contribution in [0.15, 0.2) is 28.7 Å². The van der Waals surface area contributed by atoms with Crippen LogP contribution in [0.5, 0.6) is 11.6 Å². The van der Waals surface area contributed by atoms with Crippen LogP contribution in [0.25, 0.3) is 0 Å². The molecule has 0 saturated heterocycles. The minimum atomic E-state index is -0.169. The molecule has 0 unspecified atom stereocenters. The van der Waals surface area contributed by atoms with Gasteiger partial charge in [0.15, 0.2) is 11.5 Å². The van der Waals surface area contributed by atoms with E-state index in [4.69, 9.17) is 4.74 Å². The van der Waals surface area contributed by atoms with Gasteiger partial charge in [-0.25, -0.2) is 0 Å². The number of halogens is 1. The van der Waals surface area contributed by atoms with Gasteiger partial charge < -0.3 is 4.74 Å². The van der Waals surface area contributed by atoms with Crippen LogP contribution < -0.4 is 4.74 Å². The van der Waals surface area contributed by atoms with E-state index in [9.17, 15) is 4.79 Å². The number of carbonyl (C=O) groups is 1. The first-order valence-corrected chi connectivity index (χ1v) is 5.31. The Morgan fingerprint density at radius 3 is 2.69 bits per heavy atom. The Labute approximate surface area is 99.9 Å². The van der Waals surface area contributed by atoms with Gasteiger partial charge in [-0.05, 0) is 24.3 Å². The number of benzene rings is 1. The Morgan fingerprint density at radius 2 is 2.06 bits per heavy atom. The topological polar surface area (TPSA) is 67.9 Å². The predicted octanol–water partition coefficient (Wildman–Crippen LogP) is 2.56. The number of nitrogens with one attached hydrogen (secondary N) is 1. The summed E-state index contributed by atoms with van der Waals surface area (Å²) in [6.45, 7) is 1.42. The van der Waals surface area contributed by atoms with Crippen molar-refractivity contribution in [1.82, 2.24) is 15.4 Å². The van der Waals surface area contributed by atoms with Crippen molar-refractivity contribution in [3.05, 3.63) is 34.4 Å². The highest BCUT2D eigenvalue weighted by Crippen LogP contribution is 2.23. The molecule has 82 valence electrons. The number of carbonyl (C=O) groups excluding carboxylic acids is 1. The molecule has 0 aliphatic carbocycles. The molecule has 5 nitrogen and oxygen atoms in total. The molecule has 2 aromatic rings. The summed E-state index contributed by atoms with van der Waals surface area (Å²) in [5.41, 5.74) is 0.267. The number of nitrogens with zero attached hydrogens (tertiary/aromatic N) is 2. The molecule has 1 aromatic carbocycles. The van der Waals surface area contributed by atoms with E-state index < -0.39 is 0 Å². The Balaban J connectivity index is 2.23. The van der Waals surface area contributed by atoms with Gasteiger partial charge in [-0.3, -0.25) is 9.89 Å². The Morgan fingerprint density at radius 1 is 1.38 bits per heavy atom. The number of hydrogen-bond donors (Lipinski definition) is 1. The second-order valence-corrected chi connectivity index (χ2v) is 4.02. The highest BCUT2D eigenvalue weighted by molar-refractivity contribution is 9.10. The lowest BCUT2D eigenvalue weighted by Gasteiger charge is -2.02. The monoisotopic (exact) mass is 281 g/mol. The maximum atomic E-state index is 11.2. The number of rotatable bonds is 3. The molecular weight excluding hydrogens is 274 g/mol. The zero-order valence-electron chi connectivity index (χ0n) is 8.40. The largest absolute Gasteiger partial charge is 0.436 e. The van der Waals surface area contributed by atoms with Crippen LogP contribution >= 0.6 is 15.9 Å². The number of ether oxygens (including phenoxy) is 1. The smallest absolute Gasteiger partial charge is 0.269 e. The number of hydrogen-bond acceptors (Lipinski definition) is 4. The van der Waals surface area contributed by atoms with E-state index in [2.05, 4.69) is 31.3 Å². The number of ketones is 1.